The number of amides is 3. The highest BCUT2D eigenvalue weighted by Gasteiger charge is 2.31. The smallest absolute Gasteiger partial charge is 0.328 e. The van der Waals surface area contributed by atoms with Crippen LogP contribution in [0.3, 0.4) is 0 Å². The van der Waals surface area contributed by atoms with Crippen LogP contribution in [0, 0.1) is 25.5 Å². The lowest BCUT2D eigenvalue weighted by molar-refractivity contribution is -0.146. The molecule has 0 fully saturated rings. The molecule has 10 heteroatoms. The van der Waals surface area contributed by atoms with Crippen molar-refractivity contribution in [2.24, 2.45) is 0 Å². The van der Waals surface area contributed by atoms with E-state index in [2.05, 4.69) is 22.9 Å². The van der Waals surface area contributed by atoms with Crippen molar-refractivity contribution in [3.8, 4) is 11.1 Å². The fraction of sp³-hybridized carbons (Fsp3) is 0.364. The van der Waals surface area contributed by atoms with E-state index in [0.29, 0.717) is 16.8 Å². The van der Waals surface area contributed by atoms with Crippen LogP contribution in [0.4, 0.5) is 25.0 Å². The molecule has 0 saturated carbocycles. The van der Waals surface area contributed by atoms with Gasteiger partial charge in [0.15, 0.2) is 17.7 Å². The summed E-state index contributed by atoms with van der Waals surface area (Å²) in [4.78, 5) is 38.7. The number of hydrogen-bond donors (Lipinski definition) is 4. The van der Waals surface area contributed by atoms with Crippen molar-refractivity contribution in [1.29, 1.82) is 0 Å². The van der Waals surface area contributed by atoms with Gasteiger partial charge in [-0.2, -0.15) is 0 Å². The predicted octanol–water partition coefficient (Wildman–Crippen LogP) is 7.23. The van der Waals surface area contributed by atoms with E-state index in [4.69, 9.17) is 4.74 Å². The third kappa shape index (κ3) is 8.84. The molecular formula is C33H39F2N3O5. The van der Waals surface area contributed by atoms with Gasteiger partial charge >= 0.3 is 12.0 Å². The van der Waals surface area contributed by atoms with Gasteiger partial charge < -0.3 is 25.8 Å². The van der Waals surface area contributed by atoms with Crippen LogP contribution in [-0.2, 0) is 16.0 Å². The zero-order valence-corrected chi connectivity index (χ0v) is 25.5. The van der Waals surface area contributed by atoms with Crippen LogP contribution in [0.5, 0.6) is 0 Å². The van der Waals surface area contributed by atoms with Gasteiger partial charge in [0.1, 0.15) is 0 Å². The van der Waals surface area contributed by atoms with Gasteiger partial charge in [-0.15, -0.1) is 0 Å². The lowest BCUT2D eigenvalue weighted by Crippen LogP contribution is -2.50. The highest BCUT2D eigenvalue weighted by molar-refractivity contribution is 6.08. The van der Waals surface area contributed by atoms with E-state index >= 15 is 0 Å². The summed E-state index contributed by atoms with van der Waals surface area (Å²) in [7, 11) is 0. The first kappa shape index (κ1) is 33.2. The van der Waals surface area contributed by atoms with Crippen molar-refractivity contribution in [1.82, 2.24) is 5.32 Å². The molecule has 0 aliphatic heterocycles. The molecule has 43 heavy (non-hydrogen) atoms. The number of rotatable bonds is 10. The standard InChI is InChI=1S/C33H39F2N3O5/c1-8-9-21-14-18(2)28(19(3)15-21)38-32(42)36-27-17-23(22-11-13-25(34)26(35)16-22)10-12-24(27)30(39)37-29(31(40)41)20(4)43-33(5,6)7/h10-17,20,29H,8-9H2,1-7H3,(H,37,39)(H,40,41)(H2,36,38,42)/t20?,29-/m0/s1. The number of anilines is 2. The molecule has 0 spiro atoms. The van der Waals surface area contributed by atoms with Crippen molar-refractivity contribution in [2.75, 3.05) is 10.6 Å². The van der Waals surface area contributed by atoms with E-state index in [9.17, 15) is 28.3 Å². The Morgan fingerprint density at radius 1 is 0.907 bits per heavy atom. The van der Waals surface area contributed by atoms with Crippen LogP contribution in [0.25, 0.3) is 11.1 Å². The number of carbonyl (C=O) groups is 3. The summed E-state index contributed by atoms with van der Waals surface area (Å²) in [5.74, 6) is -4.14. The topological polar surface area (TPSA) is 117 Å². The molecule has 0 saturated heterocycles. The van der Waals surface area contributed by atoms with E-state index in [0.717, 1.165) is 41.7 Å². The Bertz CT molecular complexity index is 1490. The molecule has 0 aliphatic carbocycles. The SMILES string of the molecule is CCCc1cc(C)c(NC(=O)Nc2cc(-c3ccc(F)c(F)c3)ccc2C(=O)N[C@H](C(=O)O)C(C)OC(C)(C)C)c(C)c1. The molecule has 3 aromatic carbocycles. The fourth-order valence-electron chi connectivity index (χ4n) is 4.88. The first-order valence-corrected chi connectivity index (χ1v) is 14.1. The highest BCUT2D eigenvalue weighted by Crippen LogP contribution is 2.29. The molecule has 0 heterocycles. The second-order valence-corrected chi connectivity index (χ2v) is 11.5. The van der Waals surface area contributed by atoms with Gasteiger partial charge in [-0.1, -0.05) is 37.6 Å². The number of nitrogens with one attached hydrogen (secondary N) is 3. The molecule has 3 aromatic rings. The third-order valence-electron chi connectivity index (χ3n) is 6.70. The van der Waals surface area contributed by atoms with E-state index < -0.39 is 47.3 Å². The Morgan fingerprint density at radius 2 is 1.51 bits per heavy atom. The fourth-order valence-corrected chi connectivity index (χ4v) is 4.88. The third-order valence-corrected chi connectivity index (χ3v) is 6.70. The lowest BCUT2D eigenvalue weighted by atomic mass is 10.0. The number of carboxylic acid groups (broad SMARTS) is 1. The molecule has 2 atom stereocenters. The van der Waals surface area contributed by atoms with Crippen LogP contribution in [0.1, 0.15) is 68.1 Å². The molecule has 3 amide bonds. The maximum atomic E-state index is 14.0. The van der Waals surface area contributed by atoms with Gasteiger partial charge in [0.25, 0.3) is 5.91 Å². The van der Waals surface area contributed by atoms with Gasteiger partial charge in [-0.05, 0) is 100 Å². The van der Waals surface area contributed by atoms with Crippen molar-refractivity contribution in [2.45, 2.75) is 79.1 Å². The molecule has 8 nitrogen and oxygen atoms in total. The lowest BCUT2D eigenvalue weighted by Gasteiger charge is -2.29. The Kier molecular flexibility index (Phi) is 10.6. The summed E-state index contributed by atoms with van der Waals surface area (Å²) in [5, 5.41) is 17.8. The van der Waals surface area contributed by atoms with Crippen molar-refractivity contribution < 1.29 is 33.0 Å². The molecule has 230 valence electrons. The first-order chi connectivity index (χ1) is 20.1. The number of urea groups is 1. The number of halogens is 2. The minimum absolute atomic E-state index is 0.0312. The molecule has 0 bridgehead atoms. The number of hydrogen-bond acceptors (Lipinski definition) is 4. The maximum Gasteiger partial charge on any atom is 0.328 e. The van der Waals surface area contributed by atoms with Crippen molar-refractivity contribution in [3.05, 3.63) is 82.4 Å². The van der Waals surface area contributed by atoms with Crippen LogP contribution >= 0.6 is 0 Å². The van der Waals surface area contributed by atoms with Gasteiger partial charge in [0.2, 0.25) is 0 Å². The van der Waals surface area contributed by atoms with Crippen LogP contribution in [0.2, 0.25) is 0 Å². The summed E-state index contributed by atoms with van der Waals surface area (Å²) in [6.07, 6.45) is 0.999. The maximum absolute atomic E-state index is 14.0. The van der Waals surface area contributed by atoms with E-state index in [1.54, 1.807) is 27.7 Å². The number of ether oxygens (including phenoxy) is 1. The Morgan fingerprint density at radius 3 is 2.07 bits per heavy atom. The largest absolute Gasteiger partial charge is 0.480 e. The van der Waals surface area contributed by atoms with Crippen LogP contribution < -0.4 is 16.0 Å². The summed E-state index contributed by atoms with van der Waals surface area (Å²) in [5.41, 5.74) is 3.52. The predicted molar refractivity (Wildman–Crippen MR) is 164 cm³/mol. The normalized spacial score (nSPS) is 12.8. The van der Waals surface area contributed by atoms with Crippen LogP contribution in [-0.4, -0.2) is 40.8 Å². The van der Waals surface area contributed by atoms with Gasteiger partial charge in [0, 0.05) is 5.69 Å². The minimum atomic E-state index is -1.40. The number of carboxylic acids is 1. The van der Waals surface area contributed by atoms with Gasteiger partial charge in [0.05, 0.1) is 23.0 Å². The van der Waals surface area contributed by atoms with Crippen LogP contribution in [0.15, 0.2) is 48.5 Å². The quantitative estimate of drug-likeness (QED) is 0.197. The number of aliphatic carboxylic acids is 1. The summed E-state index contributed by atoms with van der Waals surface area (Å²) in [6, 6.07) is 9.63. The molecule has 1 unspecified atom stereocenters. The zero-order valence-electron chi connectivity index (χ0n) is 25.5. The zero-order chi connectivity index (χ0) is 32.1. The van der Waals surface area contributed by atoms with Crippen molar-refractivity contribution >= 4 is 29.3 Å². The molecule has 0 aliphatic rings. The van der Waals surface area contributed by atoms with E-state index in [1.807, 2.05) is 26.0 Å². The molecular weight excluding hydrogens is 556 g/mol. The first-order valence-electron chi connectivity index (χ1n) is 14.1. The van der Waals surface area contributed by atoms with Gasteiger partial charge in [-0.3, -0.25) is 4.79 Å². The molecule has 4 N–H and O–H groups in total. The van der Waals surface area contributed by atoms with Crippen molar-refractivity contribution in [3.63, 3.8) is 0 Å². The second kappa shape index (κ2) is 13.8. The molecule has 3 rings (SSSR count). The minimum Gasteiger partial charge on any atom is -0.480 e. The average Bonchev–Trinajstić information content (AvgIpc) is 2.89. The number of carbonyl (C=O) groups excluding carboxylic acids is 2. The average molecular weight is 596 g/mol. The Labute approximate surface area is 250 Å². The number of benzene rings is 3. The summed E-state index contributed by atoms with van der Waals surface area (Å²) < 4.78 is 33.3. The summed E-state index contributed by atoms with van der Waals surface area (Å²) >= 11 is 0. The second-order valence-electron chi connectivity index (χ2n) is 11.5. The summed E-state index contributed by atoms with van der Waals surface area (Å²) in [6.45, 7) is 12.7. The monoisotopic (exact) mass is 595 g/mol. The Hall–Kier alpha value is -4.31. The van der Waals surface area contributed by atoms with E-state index in [1.165, 1.54) is 24.3 Å². The molecule has 0 aromatic heterocycles. The molecule has 0 radical (unpaired) electrons. The highest BCUT2D eigenvalue weighted by atomic mass is 19.2. The Balaban J connectivity index is 1.98. The number of aryl methyl sites for hydroxylation is 3. The van der Waals surface area contributed by atoms with E-state index in [-0.39, 0.29) is 11.3 Å². The van der Waals surface area contributed by atoms with Gasteiger partial charge in [-0.25, -0.2) is 18.4 Å².